The zero-order chi connectivity index (χ0) is 35.5. The molecular weight excluding hydrogens is 652 g/mol. The molecule has 8 N–H and O–H groups in total. The summed E-state index contributed by atoms with van der Waals surface area (Å²) < 4.78 is 0. The maximum atomic E-state index is 12.8. The predicted molar refractivity (Wildman–Crippen MR) is 176 cm³/mol. The molecule has 2 saturated heterocycles. The molecule has 0 spiro atoms. The van der Waals surface area contributed by atoms with Crippen LogP contribution in [0.3, 0.4) is 0 Å². The molecule has 2 heterocycles. The second-order valence-corrected chi connectivity index (χ2v) is 13.1. The standard InChI is InChI=1S/C29H52N8O10S/c30-4-2-1-3-5-31-24(39)21-48-22-16-25(40)37(29(22)47)7-6-32-23(38)17-33-8-10-34(18-26(41)42)12-14-36(20-28(45)46)15-13-35(11-9-33)19-27(43)44/h22-23,32,38H,1-21,30H2,(H,31,39)(H,41,42)(H,43,44)(H,45,46). The number of unbranched alkanes of at least 4 members (excludes halogenated alkanes) is 2. The van der Waals surface area contributed by atoms with E-state index in [9.17, 15) is 49.2 Å². The Balaban J connectivity index is 1.89. The van der Waals surface area contributed by atoms with Gasteiger partial charge in [-0.2, -0.15) is 0 Å². The predicted octanol–water partition coefficient (Wildman–Crippen LogP) is -3.52. The van der Waals surface area contributed by atoms with Gasteiger partial charge in [-0.05, 0) is 19.4 Å². The van der Waals surface area contributed by atoms with Gasteiger partial charge in [-0.15, -0.1) is 11.8 Å². The van der Waals surface area contributed by atoms with Crippen LogP contribution in [0, 0.1) is 0 Å². The van der Waals surface area contributed by atoms with Crippen LogP contribution in [-0.2, 0) is 28.8 Å². The number of hydrogen-bond donors (Lipinski definition) is 7. The van der Waals surface area contributed by atoms with E-state index in [4.69, 9.17) is 5.73 Å². The number of β-amino-alcohol motifs (C(OH)–C–C–N with tert-alkyl or cyclic N) is 1. The van der Waals surface area contributed by atoms with Gasteiger partial charge in [0.2, 0.25) is 17.7 Å². The molecule has 48 heavy (non-hydrogen) atoms. The SMILES string of the molecule is NCCCCCNC(=O)CSC1CC(=O)N(CCNC(O)CN2CCN(CC(=O)O)CCN(CC(=O)O)CCN(CC(=O)O)CC2)C1=O. The fraction of sp³-hybridized carbons (Fsp3) is 0.793. The number of nitrogens with one attached hydrogen (secondary N) is 2. The number of aliphatic carboxylic acids is 3. The summed E-state index contributed by atoms with van der Waals surface area (Å²) in [7, 11) is 0. The Morgan fingerprint density at radius 1 is 0.771 bits per heavy atom. The Kier molecular flexibility index (Phi) is 19.5. The summed E-state index contributed by atoms with van der Waals surface area (Å²) in [6.45, 7) is 3.05. The minimum absolute atomic E-state index is 0.00261. The molecule has 2 fully saturated rings. The molecule has 2 rings (SSSR count). The van der Waals surface area contributed by atoms with Gasteiger partial charge >= 0.3 is 17.9 Å². The molecule has 19 heteroatoms. The number of carboxylic acids is 3. The van der Waals surface area contributed by atoms with Crippen molar-refractivity contribution in [2.24, 2.45) is 5.73 Å². The smallest absolute Gasteiger partial charge is 0.317 e. The Labute approximate surface area is 284 Å². The summed E-state index contributed by atoms with van der Waals surface area (Å²) >= 11 is 1.13. The number of carbonyl (C=O) groups excluding carboxylic acids is 3. The van der Waals surface area contributed by atoms with Gasteiger partial charge in [-0.1, -0.05) is 6.42 Å². The molecule has 3 amide bonds. The summed E-state index contributed by atoms with van der Waals surface area (Å²) in [6, 6.07) is 0. The minimum atomic E-state index is -1.07. The topological polar surface area (TPSA) is 250 Å². The number of hydrogen-bond acceptors (Lipinski definition) is 14. The van der Waals surface area contributed by atoms with Crippen molar-refractivity contribution in [1.29, 1.82) is 0 Å². The van der Waals surface area contributed by atoms with E-state index in [1.165, 1.54) is 0 Å². The van der Waals surface area contributed by atoms with E-state index >= 15 is 0 Å². The van der Waals surface area contributed by atoms with E-state index < -0.39 is 29.4 Å². The largest absolute Gasteiger partial charge is 0.480 e. The van der Waals surface area contributed by atoms with Gasteiger partial charge in [0.25, 0.3) is 0 Å². The second-order valence-electron chi connectivity index (χ2n) is 11.9. The van der Waals surface area contributed by atoms with Gasteiger partial charge in [0.05, 0.1) is 30.6 Å². The fourth-order valence-electron chi connectivity index (χ4n) is 5.38. The lowest BCUT2D eigenvalue weighted by molar-refractivity contribution is -0.140. The number of rotatable bonds is 20. The minimum Gasteiger partial charge on any atom is -0.480 e. The number of amides is 3. The third-order valence-electron chi connectivity index (χ3n) is 7.97. The molecule has 2 unspecified atom stereocenters. The Hall–Kier alpha value is -2.91. The van der Waals surface area contributed by atoms with Crippen molar-refractivity contribution in [1.82, 2.24) is 35.1 Å². The normalized spacial score (nSPS) is 20.3. The van der Waals surface area contributed by atoms with Crippen LogP contribution in [0.15, 0.2) is 0 Å². The van der Waals surface area contributed by atoms with Crippen LogP contribution < -0.4 is 16.4 Å². The highest BCUT2D eigenvalue weighted by Gasteiger charge is 2.38. The van der Waals surface area contributed by atoms with Gasteiger partial charge in [-0.25, -0.2) is 0 Å². The molecular formula is C29H52N8O10S. The second kappa shape index (κ2) is 22.7. The summed E-state index contributed by atoms with van der Waals surface area (Å²) in [5.41, 5.74) is 5.46. The molecule has 0 aromatic rings. The number of carboxylic acid groups (broad SMARTS) is 3. The van der Waals surface area contributed by atoms with Crippen LogP contribution >= 0.6 is 11.8 Å². The quantitative estimate of drug-likeness (QED) is 0.0369. The zero-order valence-corrected chi connectivity index (χ0v) is 28.3. The Morgan fingerprint density at radius 3 is 1.75 bits per heavy atom. The van der Waals surface area contributed by atoms with E-state index in [1.807, 2.05) is 4.90 Å². The molecule has 2 aliphatic heterocycles. The summed E-state index contributed by atoms with van der Waals surface area (Å²) in [6.07, 6.45) is 1.55. The number of likely N-dealkylation sites (tertiary alicyclic amines) is 1. The van der Waals surface area contributed by atoms with Gasteiger partial charge in [0, 0.05) is 85.0 Å². The van der Waals surface area contributed by atoms with E-state index in [0.717, 1.165) is 35.9 Å². The lowest BCUT2D eigenvalue weighted by atomic mass is 10.2. The van der Waals surface area contributed by atoms with Crippen LogP contribution in [0.2, 0.25) is 0 Å². The molecule has 0 radical (unpaired) electrons. The van der Waals surface area contributed by atoms with E-state index in [-0.39, 0.29) is 95.3 Å². The fourth-order valence-corrected chi connectivity index (χ4v) is 6.37. The molecule has 0 saturated carbocycles. The molecule has 0 aliphatic carbocycles. The lowest BCUT2D eigenvalue weighted by Gasteiger charge is -2.33. The lowest BCUT2D eigenvalue weighted by Crippen LogP contribution is -2.51. The highest BCUT2D eigenvalue weighted by molar-refractivity contribution is 8.01. The number of thioether (sulfide) groups is 1. The first-order valence-electron chi connectivity index (χ1n) is 16.3. The Morgan fingerprint density at radius 2 is 1.27 bits per heavy atom. The van der Waals surface area contributed by atoms with Crippen LogP contribution in [0.25, 0.3) is 0 Å². The highest BCUT2D eigenvalue weighted by Crippen LogP contribution is 2.24. The number of aliphatic hydroxyl groups excluding tert-OH is 1. The van der Waals surface area contributed by atoms with Gasteiger partial charge in [0.15, 0.2) is 0 Å². The first-order valence-corrected chi connectivity index (χ1v) is 17.3. The number of nitrogens with zero attached hydrogens (tertiary/aromatic N) is 5. The van der Waals surface area contributed by atoms with Crippen molar-refractivity contribution in [3.05, 3.63) is 0 Å². The average Bonchev–Trinajstić information content (AvgIpc) is 3.28. The molecule has 2 aliphatic rings. The average molecular weight is 705 g/mol. The van der Waals surface area contributed by atoms with Crippen molar-refractivity contribution < 1.29 is 49.2 Å². The van der Waals surface area contributed by atoms with Crippen molar-refractivity contribution in [3.8, 4) is 0 Å². The van der Waals surface area contributed by atoms with Crippen LogP contribution in [0.4, 0.5) is 0 Å². The molecule has 274 valence electrons. The summed E-state index contributed by atoms with van der Waals surface area (Å²) in [5, 5.41) is 43.9. The molecule has 0 aromatic heterocycles. The molecule has 0 bridgehead atoms. The molecule has 2 atom stereocenters. The monoisotopic (exact) mass is 704 g/mol. The van der Waals surface area contributed by atoms with Crippen LogP contribution in [0.1, 0.15) is 25.7 Å². The van der Waals surface area contributed by atoms with Crippen LogP contribution in [-0.4, -0.2) is 203 Å². The zero-order valence-electron chi connectivity index (χ0n) is 27.5. The maximum Gasteiger partial charge on any atom is 0.317 e. The third kappa shape index (κ3) is 17.0. The van der Waals surface area contributed by atoms with Crippen molar-refractivity contribution >= 4 is 47.4 Å². The maximum absolute atomic E-state index is 12.8. The Bertz CT molecular complexity index is 1040. The third-order valence-corrected chi connectivity index (χ3v) is 9.17. The van der Waals surface area contributed by atoms with E-state index in [0.29, 0.717) is 39.3 Å². The molecule has 18 nitrogen and oxygen atoms in total. The van der Waals surface area contributed by atoms with Crippen molar-refractivity contribution in [2.45, 2.75) is 37.2 Å². The summed E-state index contributed by atoms with van der Waals surface area (Å²) in [5.74, 6) is -3.96. The number of carbonyl (C=O) groups is 6. The van der Waals surface area contributed by atoms with Gasteiger partial charge in [-0.3, -0.25) is 58.6 Å². The first-order chi connectivity index (χ1) is 22.9. The van der Waals surface area contributed by atoms with E-state index in [2.05, 4.69) is 10.6 Å². The number of nitrogens with two attached hydrogens (primary N) is 1. The highest BCUT2D eigenvalue weighted by atomic mass is 32.2. The molecule has 0 aromatic carbocycles. The van der Waals surface area contributed by atoms with Crippen molar-refractivity contribution in [3.63, 3.8) is 0 Å². The first kappa shape index (κ1) is 41.3. The van der Waals surface area contributed by atoms with Gasteiger partial charge < -0.3 is 31.5 Å². The van der Waals surface area contributed by atoms with Crippen LogP contribution in [0.5, 0.6) is 0 Å². The van der Waals surface area contributed by atoms with E-state index in [1.54, 1.807) is 14.7 Å². The number of aliphatic hydroxyl groups is 1. The van der Waals surface area contributed by atoms with Gasteiger partial charge in [0.1, 0.15) is 6.23 Å². The number of imide groups is 1. The van der Waals surface area contributed by atoms with Crippen molar-refractivity contribution in [2.75, 3.05) is 110 Å². The summed E-state index contributed by atoms with van der Waals surface area (Å²) in [4.78, 5) is 79.8.